The fourth-order valence-corrected chi connectivity index (χ4v) is 4.64. The van der Waals surface area contributed by atoms with Crippen molar-refractivity contribution in [1.29, 1.82) is 0 Å². The van der Waals surface area contributed by atoms with Crippen LogP contribution in [0.2, 0.25) is 0 Å². The number of rotatable bonds is 2. The number of hydrogen-bond donors (Lipinski definition) is 0. The van der Waals surface area contributed by atoms with E-state index in [4.69, 9.17) is 4.74 Å². The molecule has 1 unspecified atom stereocenters. The van der Waals surface area contributed by atoms with Gasteiger partial charge >= 0.3 is 0 Å². The molecule has 0 N–H and O–H groups in total. The second kappa shape index (κ2) is 7.19. The van der Waals surface area contributed by atoms with E-state index in [1.54, 1.807) is 6.07 Å². The van der Waals surface area contributed by atoms with Gasteiger partial charge in [0.1, 0.15) is 5.82 Å². The molecule has 0 saturated carbocycles. The topological polar surface area (TPSA) is 15.7 Å². The minimum Gasteiger partial charge on any atom is -0.378 e. The average Bonchev–Trinajstić information content (AvgIpc) is 2.73. The Kier molecular flexibility index (Phi) is 4.53. The first-order chi connectivity index (χ1) is 13.7. The molecule has 0 radical (unpaired) electrons. The Bertz CT molecular complexity index is 1010. The van der Waals surface area contributed by atoms with Crippen LogP contribution in [0, 0.1) is 5.82 Å². The smallest absolute Gasteiger partial charge is 0.129 e. The molecule has 2 aliphatic heterocycles. The molecule has 2 heterocycles. The zero-order valence-electron chi connectivity index (χ0n) is 16.2. The van der Waals surface area contributed by atoms with Crippen LogP contribution in [0.25, 0.3) is 10.8 Å². The van der Waals surface area contributed by atoms with Crippen molar-refractivity contribution in [2.24, 2.45) is 0 Å². The average molecular weight is 376 g/mol. The van der Waals surface area contributed by atoms with E-state index in [1.165, 1.54) is 16.3 Å². The van der Waals surface area contributed by atoms with Crippen molar-refractivity contribution in [3.05, 3.63) is 77.1 Å². The summed E-state index contributed by atoms with van der Waals surface area (Å²) in [6.07, 6.45) is 0. The number of nitrogens with zero attached hydrogens (tertiary/aromatic N) is 2. The number of likely N-dealkylation sites (N-methyl/N-ethyl adjacent to an activating group) is 1. The maximum absolute atomic E-state index is 15.4. The van der Waals surface area contributed by atoms with Gasteiger partial charge in [-0.3, -0.25) is 0 Å². The third-order valence-corrected chi connectivity index (χ3v) is 6.04. The second-order valence-corrected chi connectivity index (χ2v) is 7.96. The van der Waals surface area contributed by atoms with Crippen molar-refractivity contribution >= 4 is 16.5 Å². The van der Waals surface area contributed by atoms with Crippen LogP contribution in [0.15, 0.2) is 54.6 Å². The Morgan fingerprint density at radius 3 is 2.57 bits per heavy atom. The van der Waals surface area contributed by atoms with Crippen molar-refractivity contribution in [2.45, 2.75) is 12.5 Å². The molecule has 3 aromatic carbocycles. The molecular formula is C24H25FN2O. The fourth-order valence-electron chi connectivity index (χ4n) is 4.64. The molecule has 0 aromatic heterocycles. The lowest BCUT2D eigenvalue weighted by molar-refractivity contribution is 0.122. The highest BCUT2D eigenvalue weighted by atomic mass is 19.1. The van der Waals surface area contributed by atoms with Gasteiger partial charge in [-0.2, -0.15) is 0 Å². The standard InChI is InChI=1S/C24H25FN2O/c1-26-15-20-13-21(27-8-10-28-11-9-27)14-23(25)24(20)22(16-26)19-7-6-17-4-2-3-5-18(17)12-19/h2-7,12-14,22H,8-11,15-16H2,1H3. The quantitative estimate of drug-likeness (QED) is 0.660. The van der Waals surface area contributed by atoms with Gasteiger partial charge in [0.25, 0.3) is 0 Å². The van der Waals surface area contributed by atoms with Gasteiger partial charge in [-0.15, -0.1) is 0 Å². The fraction of sp³-hybridized carbons (Fsp3) is 0.333. The monoisotopic (exact) mass is 376 g/mol. The first-order valence-electron chi connectivity index (χ1n) is 10.0. The molecule has 4 heteroatoms. The summed E-state index contributed by atoms with van der Waals surface area (Å²) in [5.74, 6) is -0.0256. The predicted octanol–water partition coefficient (Wildman–Crippen LogP) is 4.39. The number of hydrogen-bond acceptors (Lipinski definition) is 3. The molecule has 0 bridgehead atoms. The van der Waals surface area contributed by atoms with Crippen molar-refractivity contribution < 1.29 is 9.13 Å². The lowest BCUT2D eigenvalue weighted by Crippen LogP contribution is -2.37. The van der Waals surface area contributed by atoms with Crippen molar-refractivity contribution in [3.63, 3.8) is 0 Å². The van der Waals surface area contributed by atoms with Gasteiger partial charge in [0.15, 0.2) is 0 Å². The van der Waals surface area contributed by atoms with Crippen LogP contribution < -0.4 is 4.90 Å². The molecule has 28 heavy (non-hydrogen) atoms. The van der Waals surface area contributed by atoms with Crippen LogP contribution in [-0.4, -0.2) is 44.8 Å². The summed E-state index contributed by atoms with van der Waals surface area (Å²) in [7, 11) is 2.12. The van der Waals surface area contributed by atoms with Crippen LogP contribution in [0.1, 0.15) is 22.6 Å². The molecule has 3 nitrogen and oxygen atoms in total. The van der Waals surface area contributed by atoms with E-state index in [2.05, 4.69) is 65.4 Å². The normalized spacial score (nSPS) is 20.4. The SMILES string of the molecule is CN1Cc2cc(N3CCOCC3)cc(F)c2C(c2ccc3ccccc3c2)C1. The highest BCUT2D eigenvalue weighted by Gasteiger charge is 2.29. The van der Waals surface area contributed by atoms with Crippen molar-refractivity contribution in [1.82, 2.24) is 4.90 Å². The lowest BCUT2D eigenvalue weighted by Gasteiger charge is -2.35. The number of anilines is 1. The Hall–Kier alpha value is -2.43. The van der Waals surface area contributed by atoms with Crippen molar-refractivity contribution in [2.75, 3.05) is 44.8 Å². The van der Waals surface area contributed by atoms with Gasteiger partial charge in [0.2, 0.25) is 0 Å². The highest BCUT2D eigenvalue weighted by molar-refractivity contribution is 5.83. The molecule has 0 amide bonds. The summed E-state index contributed by atoms with van der Waals surface area (Å²) >= 11 is 0. The zero-order valence-corrected chi connectivity index (χ0v) is 16.2. The van der Waals surface area contributed by atoms with Gasteiger partial charge in [-0.05, 0) is 41.1 Å². The van der Waals surface area contributed by atoms with E-state index in [9.17, 15) is 0 Å². The Morgan fingerprint density at radius 2 is 1.75 bits per heavy atom. The minimum atomic E-state index is -0.0785. The van der Waals surface area contributed by atoms with Crippen LogP contribution in [-0.2, 0) is 11.3 Å². The van der Waals surface area contributed by atoms with Gasteiger partial charge in [0, 0.05) is 43.3 Å². The Balaban J connectivity index is 1.57. The minimum absolute atomic E-state index is 0.0529. The second-order valence-electron chi connectivity index (χ2n) is 7.96. The van der Waals surface area contributed by atoms with Crippen molar-refractivity contribution in [3.8, 4) is 0 Å². The molecule has 1 fully saturated rings. The molecule has 1 saturated heterocycles. The van der Waals surface area contributed by atoms with Crippen LogP contribution in [0.5, 0.6) is 0 Å². The zero-order chi connectivity index (χ0) is 19.1. The van der Waals surface area contributed by atoms with E-state index in [-0.39, 0.29) is 11.7 Å². The predicted molar refractivity (Wildman–Crippen MR) is 112 cm³/mol. The van der Waals surface area contributed by atoms with E-state index in [0.717, 1.165) is 43.0 Å². The summed E-state index contributed by atoms with van der Waals surface area (Å²) in [6, 6.07) is 18.8. The summed E-state index contributed by atoms with van der Waals surface area (Å²) in [5, 5.41) is 2.43. The highest BCUT2D eigenvalue weighted by Crippen LogP contribution is 2.38. The third-order valence-electron chi connectivity index (χ3n) is 6.04. The number of fused-ring (bicyclic) bond motifs is 2. The molecule has 1 atom stereocenters. The lowest BCUT2D eigenvalue weighted by atomic mass is 9.83. The molecule has 5 rings (SSSR count). The van der Waals surface area contributed by atoms with Gasteiger partial charge < -0.3 is 14.5 Å². The maximum Gasteiger partial charge on any atom is 0.129 e. The van der Waals surface area contributed by atoms with E-state index < -0.39 is 0 Å². The maximum atomic E-state index is 15.4. The van der Waals surface area contributed by atoms with Crippen LogP contribution in [0.4, 0.5) is 10.1 Å². The molecule has 2 aliphatic rings. The number of benzene rings is 3. The largest absolute Gasteiger partial charge is 0.378 e. The van der Waals surface area contributed by atoms with E-state index in [0.29, 0.717) is 13.2 Å². The third kappa shape index (κ3) is 3.17. The summed E-state index contributed by atoms with van der Waals surface area (Å²) in [4.78, 5) is 4.53. The van der Waals surface area contributed by atoms with Crippen LogP contribution in [0.3, 0.4) is 0 Å². The Labute approximate surface area is 165 Å². The van der Waals surface area contributed by atoms with E-state index >= 15 is 4.39 Å². The first kappa shape index (κ1) is 17.7. The van der Waals surface area contributed by atoms with Gasteiger partial charge in [-0.25, -0.2) is 4.39 Å². The number of morpholine rings is 1. The molecule has 0 aliphatic carbocycles. The molecular weight excluding hydrogens is 351 g/mol. The summed E-state index contributed by atoms with van der Waals surface area (Å²) in [6.45, 7) is 4.68. The summed E-state index contributed by atoms with van der Waals surface area (Å²) < 4.78 is 20.8. The summed E-state index contributed by atoms with van der Waals surface area (Å²) in [5.41, 5.74) is 4.13. The van der Waals surface area contributed by atoms with Gasteiger partial charge in [0.05, 0.1) is 13.2 Å². The Morgan fingerprint density at radius 1 is 0.964 bits per heavy atom. The van der Waals surface area contributed by atoms with Gasteiger partial charge in [-0.1, -0.05) is 42.5 Å². The first-order valence-corrected chi connectivity index (χ1v) is 10.0. The van der Waals surface area contributed by atoms with Crippen LogP contribution >= 0.6 is 0 Å². The molecule has 3 aromatic rings. The molecule has 144 valence electrons. The van der Waals surface area contributed by atoms with E-state index in [1.807, 2.05) is 0 Å². The number of ether oxygens (including phenoxy) is 1. The number of halogens is 1. The molecule has 0 spiro atoms.